The molecule has 0 aliphatic rings. The van der Waals surface area contributed by atoms with E-state index in [1.54, 1.807) is 7.11 Å². The Morgan fingerprint density at radius 2 is 1.88 bits per heavy atom. The van der Waals surface area contributed by atoms with E-state index in [4.69, 9.17) is 37.4 Å². The molecule has 6 nitrogen and oxygen atoms in total. The van der Waals surface area contributed by atoms with E-state index >= 15 is 0 Å². The number of hydrogen-bond acceptors (Lipinski definition) is 6. The average molecular weight is 282 g/mol. The van der Waals surface area contributed by atoms with Crippen LogP contribution in [0.25, 0.3) is 0 Å². The van der Waals surface area contributed by atoms with Crippen LogP contribution in [0.2, 0.25) is 10.4 Å². The normalized spacial score (nSPS) is 10.5. The Labute approximate surface area is 109 Å². The minimum absolute atomic E-state index is 0.00888. The standard InChI is InChI=1S/C9H13Cl2N3O3/c1-15-3-2-4-16-5-6-17-8-7(10)13-14-9(11)12-8/h2-6H2,1H3. The second-order valence-electron chi connectivity index (χ2n) is 2.98. The first kappa shape index (κ1) is 14.4. The summed E-state index contributed by atoms with van der Waals surface area (Å²) in [5, 5.41) is 7.09. The fourth-order valence-corrected chi connectivity index (χ4v) is 1.23. The van der Waals surface area contributed by atoms with E-state index in [0.717, 1.165) is 6.42 Å². The van der Waals surface area contributed by atoms with Crippen LogP contribution in [0.15, 0.2) is 0 Å². The van der Waals surface area contributed by atoms with Crippen LogP contribution in [0.5, 0.6) is 5.88 Å². The van der Waals surface area contributed by atoms with Gasteiger partial charge in [-0.05, 0) is 18.0 Å². The van der Waals surface area contributed by atoms with Crippen molar-refractivity contribution in [1.29, 1.82) is 0 Å². The molecule has 0 aliphatic heterocycles. The Balaban J connectivity index is 2.15. The molecule has 0 radical (unpaired) electrons. The Kier molecular flexibility index (Phi) is 7.11. The van der Waals surface area contributed by atoms with Gasteiger partial charge in [-0.1, -0.05) is 11.6 Å². The zero-order valence-corrected chi connectivity index (χ0v) is 10.9. The average Bonchev–Trinajstić information content (AvgIpc) is 2.32. The highest BCUT2D eigenvalue weighted by molar-refractivity contribution is 6.31. The first-order valence-electron chi connectivity index (χ1n) is 4.99. The number of aromatic nitrogens is 3. The number of methoxy groups -OCH3 is 1. The molecule has 0 atom stereocenters. The van der Waals surface area contributed by atoms with Crippen molar-refractivity contribution >= 4 is 23.2 Å². The summed E-state index contributed by atoms with van der Waals surface area (Å²) in [6, 6.07) is 0. The minimum Gasteiger partial charge on any atom is -0.473 e. The van der Waals surface area contributed by atoms with Gasteiger partial charge in [0.15, 0.2) is 0 Å². The Morgan fingerprint density at radius 1 is 1.06 bits per heavy atom. The zero-order chi connectivity index (χ0) is 12.5. The van der Waals surface area contributed by atoms with Crippen LogP contribution in [0.1, 0.15) is 6.42 Å². The van der Waals surface area contributed by atoms with Gasteiger partial charge in [-0.3, -0.25) is 0 Å². The smallest absolute Gasteiger partial charge is 0.257 e. The first-order valence-corrected chi connectivity index (χ1v) is 5.75. The van der Waals surface area contributed by atoms with Gasteiger partial charge >= 0.3 is 0 Å². The second-order valence-corrected chi connectivity index (χ2v) is 3.68. The third kappa shape index (κ3) is 5.97. The summed E-state index contributed by atoms with van der Waals surface area (Å²) in [5.74, 6) is 0.159. The summed E-state index contributed by atoms with van der Waals surface area (Å²) in [6.07, 6.45) is 0.845. The predicted octanol–water partition coefficient (Wildman–Crippen LogP) is 1.61. The highest BCUT2D eigenvalue weighted by Crippen LogP contribution is 2.18. The summed E-state index contributed by atoms with van der Waals surface area (Å²) >= 11 is 11.2. The number of nitrogens with zero attached hydrogens (tertiary/aromatic N) is 3. The van der Waals surface area contributed by atoms with E-state index in [0.29, 0.717) is 26.4 Å². The number of hydrogen-bond donors (Lipinski definition) is 0. The largest absolute Gasteiger partial charge is 0.473 e. The molecule has 17 heavy (non-hydrogen) atoms. The molecule has 8 heteroatoms. The van der Waals surface area contributed by atoms with E-state index in [-0.39, 0.29) is 16.3 Å². The summed E-state index contributed by atoms with van der Waals surface area (Å²) < 4.78 is 15.4. The van der Waals surface area contributed by atoms with Gasteiger partial charge in [0.2, 0.25) is 10.4 Å². The topological polar surface area (TPSA) is 66.4 Å². The van der Waals surface area contributed by atoms with E-state index in [1.165, 1.54) is 0 Å². The lowest BCUT2D eigenvalue weighted by molar-refractivity contribution is 0.0794. The molecule has 96 valence electrons. The number of ether oxygens (including phenoxy) is 3. The van der Waals surface area contributed by atoms with Crippen LogP contribution in [-0.4, -0.2) is 48.7 Å². The molecule has 0 saturated carbocycles. The van der Waals surface area contributed by atoms with Crippen LogP contribution < -0.4 is 4.74 Å². The van der Waals surface area contributed by atoms with E-state index in [2.05, 4.69) is 15.2 Å². The molecule has 0 aromatic carbocycles. The van der Waals surface area contributed by atoms with Crippen molar-refractivity contribution in [2.75, 3.05) is 33.5 Å². The molecule has 0 N–H and O–H groups in total. The van der Waals surface area contributed by atoms with Crippen LogP contribution in [0.4, 0.5) is 0 Å². The molecule has 1 aromatic heterocycles. The summed E-state index contributed by atoms with van der Waals surface area (Å²) in [5.41, 5.74) is 0. The fraction of sp³-hybridized carbons (Fsp3) is 0.667. The van der Waals surface area contributed by atoms with Crippen molar-refractivity contribution in [3.63, 3.8) is 0 Å². The van der Waals surface area contributed by atoms with Gasteiger partial charge in [0.05, 0.1) is 6.61 Å². The number of halogens is 2. The Bertz CT molecular complexity index is 341. The maximum absolute atomic E-state index is 5.70. The van der Waals surface area contributed by atoms with Crippen LogP contribution in [0.3, 0.4) is 0 Å². The van der Waals surface area contributed by atoms with Gasteiger partial charge in [-0.15, -0.1) is 10.2 Å². The third-order valence-corrected chi connectivity index (χ3v) is 2.09. The fourth-order valence-electron chi connectivity index (χ4n) is 0.977. The summed E-state index contributed by atoms with van der Waals surface area (Å²) in [7, 11) is 1.65. The molecule has 1 rings (SSSR count). The molecule has 0 bridgehead atoms. The van der Waals surface area contributed by atoms with Crippen LogP contribution >= 0.6 is 23.2 Å². The van der Waals surface area contributed by atoms with Crippen LogP contribution in [-0.2, 0) is 9.47 Å². The molecule has 0 aliphatic carbocycles. The maximum atomic E-state index is 5.70. The third-order valence-electron chi connectivity index (χ3n) is 1.69. The lowest BCUT2D eigenvalue weighted by Gasteiger charge is -2.06. The van der Waals surface area contributed by atoms with Crippen LogP contribution in [0, 0.1) is 0 Å². The van der Waals surface area contributed by atoms with Gasteiger partial charge in [0.1, 0.15) is 6.61 Å². The molecule has 0 fully saturated rings. The molecular weight excluding hydrogens is 269 g/mol. The quantitative estimate of drug-likeness (QED) is 0.675. The van der Waals surface area contributed by atoms with Gasteiger partial charge in [-0.25, -0.2) is 0 Å². The molecule has 0 unspecified atom stereocenters. The van der Waals surface area contributed by atoms with Crippen molar-refractivity contribution in [3.8, 4) is 5.88 Å². The first-order chi connectivity index (χ1) is 8.24. The van der Waals surface area contributed by atoms with Crippen molar-refractivity contribution in [1.82, 2.24) is 15.2 Å². The van der Waals surface area contributed by atoms with Crippen molar-refractivity contribution in [3.05, 3.63) is 10.4 Å². The molecular formula is C9H13Cl2N3O3. The Morgan fingerprint density at radius 3 is 2.65 bits per heavy atom. The predicted molar refractivity (Wildman–Crippen MR) is 62.7 cm³/mol. The minimum atomic E-state index is -0.00888. The van der Waals surface area contributed by atoms with E-state index in [9.17, 15) is 0 Å². The van der Waals surface area contributed by atoms with E-state index < -0.39 is 0 Å². The molecule has 0 spiro atoms. The lowest BCUT2D eigenvalue weighted by Crippen LogP contribution is -2.10. The molecule has 0 saturated heterocycles. The highest BCUT2D eigenvalue weighted by Gasteiger charge is 2.06. The van der Waals surface area contributed by atoms with Gasteiger partial charge in [-0.2, -0.15) is 4.98 Å². The van der Waals surface area contributed by atoms with Gasteiger partial charge in [0, 0.05) is 20.3 Å². The van der Waals surface area contributed by atoms with Crippen molar-refractivity contribution in [2.45, 2.75) is 6.42 Å². The maximum Gasteiger partial charge on any atom is 0.257 e. The Hall–Kier alpha value is -0.690. The SMILES string of the molecule is COCCCOCCOc1nc(Cl)nnc1Cl. The van der Waals surface area contributed by atoms with Gasteiger partial charge in [0.25, 0.3) is 5.88 Å². The molecule has 1 aromatic rings. The second kappa shape index (κ2) is 8.41. The van der Waals surface area contributed by atoms with E-state index in [1.807, 2.05) is 0 Å². The molecule has 1 heterocycles. The van der Waals surface area contributed by atoms with Crippen molar-refractivity contribution < 1.29 is 14.2 Å². The summed E-state index contributed by atoms with van der Waals surface area (Å²) in [6.45, 7) is 2.05. The lowest BCUT2D eigenvalue weighted by atomic mass is 10.5. The monoisotopic (exact) mass is 281 g/mol. The highest BCUT2D eigenvalue weighted by atomic mass is 35.5. The number of rotatable bonds is 8. The molecule has 0 amide bonds. The summed E-state index contributed by atoms with van der Waals surface area (Å²) in [4.78, 5) is 3.78. The zero-order valence-electron chi connectivity index (χ0n) is 9.36. The van der Waals surface area contributed by atoms with Gasteiger partial charge < -0.3 is 14.2 Å². The van der Waals surface area contributed by atoms with Crippen molar-refractivity contribution in [2.24, 2.45) is 0 Å².